The molecule has 1 fully saturated rings. The van der Waals surface area contributed by atoms with E-state index in [0.717, 1.165) is 30.4 Å². The van der Waals surface area contributed by atoms with Crippen LogP contribution in [-0.4, -0.2) is 10.2 Å². The van der Waals surface area contributed by atoms with E-state index < -0.39 is 0 Å². The van der Waals surface area contributed by atoms with E-state index in [1.54, 1.807) is 0 Å². The van der Waals surface area contributed by atoms with E-state index >= 15 is 0 Å². The fourth-order valence-corrected chi connectivity index (χ4v) is 6.36. The molecule has 0 heterocycles. The molecule has 0 amide bonds. The van der Waals surface area contributed by atoms with Gasteiger partial charge in [-0.1, -0.05) is 13.8 Å². The van der Waals surface area contributed by atoms with Gasteiger partial charge in [-0.2, -0.15) is 0 Å². The van der Waals surface area contributed by atoms with Gasteiger partial charge in [-0.15, -0.1) is 0 Å². The molecule has 6 heteroatoms. The lowest BCUT2D eigenvalue weighted by molar-refractivity contribution is 0.200. The van der Waals surface area contributed by atoms with Crippen LogP contribution in [0, 0.1) is 11.8 Å². The van der Waals surface area contributed by atoms with Crippen molar-refractivity contribution in [2.24, 2.45) is 11.8 Å². The molecule has 0 saturated heterocycles. The Morgan fingerprint density at radius 2 is 1.15 bits per heavy atom. The van der Waals surface area contributed by atoms with Crippen molar-refractivity contribution in [2.75, 3.05) is 0 Å². The molecule has 1 aliphatic carbocycles. The highest BCUT2D eigenvalue weighted by molar-refractivity contribution is 9.11. The van der Waals surface area contributed by atoms with Gasteiger partial charge in [0, 0.05) is 5.41 Å². The second-order valence-corrected chi connectivity index (χ2v) is 10.8. The Bertz CT molecular complexity index is 746. The van der Waals surface area contributed by atoms with Crippen LogP contribution in [0.2, 0.25) is 0 Å². The molecular formula is C20H20Br4O2. The number of phenolic OH excluding ortho intramolecular Hbond substituents is 2. The van der Waals surface area contributed by atoms with Crippen molar-refractivity contribution in [1.29, 1.82) is 0 Å². The third-order valence-electron chi connectivity index (χ3n) is 5.81. The van der Waals surface area contributed by atoms with E-state index in [9.17, 15) is 10.2 Å². The third-order valence-corrected chi connectivity index (χ3v) is 8.23. The lowest BCUT2D eigenvalue weighted by Crippen LogP contribution is -2.36. The first-order valence-electron chi connectivity index (χ1n) is 8.52. The summed E-state index contributed by atoms with van der Waals surface area (Å²) in [5.41, 5.74) is 2.15. The van der Waals surface area contributed by atoms with E-state index in [0.29, 0.717) is 29.7 Å². The number of hydrogen-bond acceptors (Lipinski definition) is 2. The minimum atomic E-state index is -0.177. The number of hydrogen-bond donors (Lipinski definition) is 2. The molecule has 140 valence electrons. The molecule has 2 atom stereocenters. The Labute approximate surface area is 187 Å². The summed E-state index contributed by atoms with van der Waals surface area (Å²) in [6.45, 7) is 4.63. The average Bonchev–Trinajstić information content (AvgIpc) is 2.59. The first-order valence-corrected chi connectivity index (χ1v) is 11.7. The molecule has 2 nitrogen and oxygen atoms in total. The SMILES string of the molecule is CC1CCC(c2cc(Br)c(O)c(Br)c2)(c2cc(Br)c(O)c(Br)c2)CC1C. The summed E-state index contributed by atoms with van der Waals surface area (Å²) in [5.74, 6) is 1.68. The summed E-state index contributed by atoms with van der Waals surface area (Å²) >= 11 is 14.0. The van der Waals surface area contributed by atoms with Gasteiger partial charge in [-0.05, 0) is 130 Å². The minimum Gasteiger partial charge on any atom is -0.506 e. The summed E-state index contributed by atoms with van der Waals surface area (Å²) in [6, 6.07) is 8.10. The normalized spacial score (nSPS) is 22.4. The van der Waals surface area contributed by atoms with Crippen LogP contribution in [0.4, 0.5) is 0 Å². The smallest absolute Gasteiger partial charge is 0.143 e. The van der Waals surface area contributed by atoms with Gasteiger partial charge in [-0.25, -0.2) is 0 Å². The van der Waals surface area contributed by atoms with Crippen molar-refractivity contribution in [3.63, 3.8) is 0 Å². The summed E-state index contributed by atoms with van der Waals surface area (Å²) in [5, 5.41) is 20.3. The van der Waals surface area contributed by atoms with Crippen molar-refractivity contribution in [1.82, 2.24) is 0 Å². The largest absolute Gasteiger partial charge is 0.506 e. The molecule has 2 aromatic carbocycles. The number of rotatable bonds is 2. The van der Waals surface area contributed by atoms with Crippen LogP contribution in [0.25, 0.3) is 0 Å². The van der Waals surface area contributed by atoms with E-state index in [2.05, 4.69) is 77.6 Å². The van der Waals surface area contributed by atoms with Crippen molar-refractivity contribution >= 4 is 63.7 Å². The first-order chi connectivity index (χ1) is 12.2. The van der Waals surface area contributed by atoms with Crippen molar-refractivity contribution in [2.45, 2.75) is 38.5 Å². The molecule has 0 aliphatic heterocycles. The maximum absolute atomic E-state index is 10.2. The Hall–Kier alpha value is -0.0400. The van der Waals surface area contributed by atoms with Gasteiger partial charge >= 0.3 is 0 Å². The zero-order chi connectivity index (χ0) is 19.2. The standard InChI is InChI=1S/C20H20Br4O2/c1-10-3-4-20(9-11(10)2,12-5-14(21)18(25)15(22)6-12)13-7-16(23)19(26)17(24)8-13/h5-8,10-11,25-26H,3-4,9H2,1-2H3. The molecule has 0 aromatic heterocycles. The Morgan fingerprint density at radius 3 is 1.50 bits per heavy atom. The van der Waals surface area contributed by atoms with E-state index in [4.69, 9.17) is 0 Å². The van der Waals surface area contributed by atoms with Crippen molar-refractivity contribution in [3.8, 4) is 11.5 Å². The van der Waals surface area contributed by atoms with Crippen LogP contribution in [0.3, 0.4) is 0 Å². The second kappa shape index (κ2) is 7.76. The summed E-state index contributed by atoms with van der Waals surface area (Å²) in [4.78, 5) is 0. The fraction of sp³-hybridized carbons (Fsp3) is 0.400. The molecule has 0 spiro atoms. The highest BCUT2D eigenvalue weighted by atomic mass is 79.9. The van der Waals surface area contributed by atoms with Crippen LogP contribution in [0.15, 0.2) is 42.2 Å². The summed E-state index contributed by atoms with van der Waals surface area (Å²) in [6.07, 6.45) is 3.17. The zero-order valence-corrected chi connectivity index (χ0v) is 20.8. The third kappa shape index (κ3) is 3.63. The van der Waals surface area contributed by atoms with Crippen molar-refractivity contribution < 1.29 is 10.2 Å². The molecule has 2 N–H and O–H groups in total. The topological polar surface area (TPSA) is 40.5 Å². The van der Waals surface area contributed by atoms with Crippen LogP contribution in [-0.2, 0) is 5.41 Å². The number of halogens is 4. The van der Waals surface area contributed by atoms with Crippen molar-refractivity contribution in [3.05, 3.63) is 53.3 Å². The van der Waals surface area contributed by atoms with E-state index in [1.807, 2.05) is 24.3 Å². The van der Waals surface area contributed by atoms with Gasteiger partial charge in [0.2, 0.25) is 0 Å². The van der Waals surface area contributed by atoms with Gasteiger partial charge < -0.3 is 10.2 Å². The van der Waals surface area contributed by atoms with Gasteiger partial charge in [0.25, 0.3) is 0 Å². The fourth-order valence-electron chi connectivity index (χ4n) is 3.99. The number of phenols is 2. The van der Waals surface area contributed by atoms with Crippen LogP contribution >= 0.6 is 63.7 Å². The van der Waals surface area contributed by atoms with Crippen LogP contribution in [0.5, 0.6) is 11.5 Å². The molecule has 0 radical (unpaired) electrons. The molecule has 1 saturated carbocycles. The molecule has 3 rings (SSSR count). The molecule has 2 unspecified atom stereocenters. The molecule has 2 aromatic rings. The molecule has 26 heavy (non-hydrogen) atoms. The summed E-state index contributed by atoms with van der Waals surface area (Å²) in [7, 11) is 0. The van der Waals surface area contributed by atoms with E-state index in [-0.39, 0.29) is 16.9 Å². The molecular weight excluding hydrogens is 592 g/mol. The predicted molar refractivity (Wildman–Crippen MR) is 120 cm³/mol. The second-order valence-electron chi connectivity index (χ2n) is 7.36. The van der Waals surface area contributed by atoms with Gasteiger partial charge in [0.05, 0.1) is 17.9 Å². The monoisotopic (exact) mass is 608 g/mol. The first kappa shape index (κ1) is 20.7. The minimum absolute atomic E-state index is 0.177. The average molecular weight is 612 g/mol. The Morgan fingerprint density at radius 1 is 0.769 bits per heavy atom. The lowest BCUT2D eigenvalue weighted by Gasteiger charge is -2.44. The number of benzene rings is 2. The predicted octanol–water partition coefficient (Wildman–Crippen LogP) is 7.89. The highest BCUT2D eigenvalue weighted by Gasteiger charge is 2.41. The van der Waals surface area contributed by atoms with Crippen LogP contribution in [0.1, 0.15) is 44.2 Å². The van der Waals surface area contributed by atoms with Gasteiger partial charge in [0.1, 0.15) is 11.5 Å². The Balaban J connectivity index is 2.25. The highest BCUT2D eigenvalue weighted by Crippen LogP contribution is 2.52. The van der Waals surface area contributed by atoms with Gasteiger partial charge in [0.15, 0.2) is 0 Å². The van der Waals surface area contributed by atoms with Crippen LogP contribution < -0.4 is 0 Å². The molecule has 0 bridgehead atoms. The quantitative estimate of drug-likeness (QED) is 0.363. The summed E-state index contributed by atoms with van der Waals surface area (Å²) < 4.78 is 2.74. The zero-order valence-electron chi connectivity index (χ0n) is 14.5. The van der Waals surface area contributed by atoms with E-state index in [1.165, 1.54) is 0 Å². The number of aromatic hydroxyl groups is 2. The molecule has 1 aliphatic rings. The maximum Gasteiger partial charge on any atom is 0.143 e. The Kier molecular flexibility index (Phi) is 6.18. The maximum atomic E-state index is 10.2. The van der Waals surface area contributed by atoms with Gasteiger partial charge in [-0.3, -0.25) is 0 Å². The lowest BCUT2D eigenvalue weighted by atomic mass is 9.60.